The maximum Gasteiger partial charge on any atom is 0.232 e. The lowest BCUT2D eigenvalue weighted by atomic mass is 10.3. The van der Waals surface area contributed by atoms with Crippen LogP contribution in [0.4, 0.5) is 5.69 Å². The van der Waals surface area contributed by atoms with Crippen molar-refractivity contribution in [1.29, 1.82) is 0 Å². The molecular weight excluding hydrogens is 202 g/mol. The topological polar surface area (TPSA) is 57.6 Å². The zero-order chi connectivity index (χ0) is 10.8. The van der Waals surface area contributed by atoms with Crippen molar-refractivity contribution in [1.82, 2.24) is 0 Å². The Bertz CT molecular complexity index is 414. The van der Waals surface area contributed by atoms with Crippen molar-refractivity contribution >= 4 is 15.7 Å². The molecule has 0 aliphatic heterocycles. The number of rotatable bonds is 3. The van der Waals surface area contributed by atoms with Gasteiger partial charge in [0.2, 0.25) is 10.0 Å². The average molecular weight is 215 g/mol. The standard InChI is InChI=1S/C9H13NO3S/c1-3-10(14(2,12)13)8-5-4-6-9(11)7-8/h4-7,11H,3H2,1-2H3. The molecule has 1 N–H and O–H groups in total. The van der Waals surface area contributed by atoms with Gasteiger partial charge in [-0.25, -0.2) is 8.42 Å². The summed E-state index contributed by atoms with van der Waals surface area (Å²) in [6.45, 7) is 2.09. The Hall–Kier alpha value is -1.23. The van der Waals surface area contributed by atoms with E-state index in [9.17, 15) is 13.5 Å². The first-order chi connectivity index (χ1) is 6.45. The van der Waals surface area contributed by atoms with Gasteiger partial charge in [-0.15, -0.1) is 0 Å². The van der Waals surface area contributed by atoms with Gasteiger partial charge in [0.05, 0.1) is 11.9 Å². The Labute approximate surface area is 83.8 Å². The summed E-state index contributed by atoms with van der Waals surface area (Å²) >= 11 is 0. The molecule has 0 atom stereocenters. The third-order valence-electron chi connectivity index (χ3n) is 1.81. The van der Waals surface area contributed by atoms with Crippen molar-refractivity contribution in [3.63, 3.8) is 0 Å². The van der Waals surface area contributed by atoms with Gasteiger partial charge in [0.1, 0.15) is 5.75 Å². The first kappa shape index (κ1) is 10.8. The molecule has 0 fully saturated rings. The second-order valence-corrected chi connectivity index (χ2v) is 4.85. The van der Waals surface area contributed by atoms with E-state index in [1.165, 1.54) is 16.4 Å². The monoisotopic (exact) mass is 215 g/mol. The minimum atomic E-state index is -3.26. The van der Waals surface area contributed by atoms with Crippen molar-refractivity contribution in [3.05, 3.63) is 24.3 Å². The number of hydrogen-bond donors (Lipinski definition) is 1. The number of anilines is 1. The number of sulfonamides is 1. The number of benzene rings is 1. The number of hydrogen-bond acceptors (Lipinski definition) is 3. The lowest BCUT2D eigenvalue weighted by molar-refractivity contribution is 0.475. The summed E-state index contributed by atoms with van der Waals surface area (Å²) in [5.74, 6) is 0.0598. The predicted molar refractivity (Wildman–Crippen MR) is 56.0 cm³/mol. The number of aromatic hydroxyl groups is 1. The molecule has 4 nitrogen and oxygen atoms in total. The molecule has 14 heavy (non-hydrogen) atoms. The molecule has 0 amide bonds. The summed E-state index contributed by atoms with van der Waals surface area (Å²) in [4.78, 5) is 0. The molecule has 78 valence electrons. The van der Waals surface area contributed by atoms with E-state index >= 15 is 0 Å². The number of nitrogens with zero attached hydrogens (tertiary/aromatic N) is 1. The van der Waals surface area contributed by atoms with Crippen molar-refractivity contribution in [2.75, 3.05) is 17.1 Å². The van der Waals surface area contributed by atoms with Gasteiger partial charge in [0.25, 0.3) is 0 Å². The normalized spacial score (nSPS) is 11.3. The van der Waals surface area contributed by atoms with Gasteiger partial charge in [0.15, 0.2) is 0 Å². The molecule has 0 radical (unpaired) electrons. The van der Waals surface area contributed by atoms with E-state index in [-0.39, 0.29) is 5.75 Å². The van der Waals surface area contributed by atoms with Gasteiger partial charge in [-0.2, -0.15) is 0 Å². The van der Waals surface area contributed by atoms with Gasteiger partial charge in [-0.1, -0.05) is 6.07 Å². The summed E-state index contributed by atoms with van der Waals surface area (Å²) in [7, 11) is -3.26. The zero-order valence-corrected chi connectivity index (χ0v) is 8.95. The fraction of sp³-hybridized carbons (Fsp3) is 0.333. The van der Waals surface area contributed by atoms with Crippen LogP contribution in [-0.4, -0.2) is 26.3 Å². The summed E-state index contributed by atoms with van der Waals surface area (Å²) in [5, 5.41) is 9.20. The molecule has 1 aromatic rings. The smallest absolute Gasteiger partial charge is 0.232 e. The fourth-order valence-corrected chi connectivity index (χ4v) is 2.22. The third kappa shape index (κ3) is 2.38. The lowest BCUT2D eigenvalue weighted by Gasteiger charge is -2.20. The molecule has 5 heteroatoms. The molecule has 0 saturated heterocycles. The highest BCUT2D eigenvalue weighted by Gasteiger charge is 2.14. The molecule has 1 aromatic carbocycles. The van der Waals surface area contributed by atoms with E-state index in [0.717, 1.165) is 6.26 Å². The molecular formula is C9H13NO3S. The van der Waals surface area contributed by atoms with Crippen LogP contribution in [0, 0.1) is 0 Å². The molecule has 0 spiro atoms. The van der Waals surface area contributed by atoms with E-state index in [2.05, 4.69) is 0 Å². The van der Waals surface area contributed by atoms with Crippen LogP contribution in [0.1, 0.15) is 6.92 Å². The maximum atomic E-state index is 11.3. The van der Waals surface area contributed by atoms with Gasteiger partial charge in [-0.05, 0) is 19.1 Å². The molecule has 0 aliphatic carbocycles. The molecule has 0 aliphatic rings. The van der Waals surface area contributed by atoms with Crippen molar-refractivity contribution in [3.8, 4) is 5.75 Å². The molecule has 0 unspecified atom stereocenters. The first-order valence-corrected chi connectivity index (χ1v) is 6.06. The molecule has 0 aromatic heterocycles. The minimum Gasteiger partial charge on any atom is -0.508 e. The van der Waals surface area contributed by atoms with Crippen LogP contribution in [0.15, 0.2) is 24.3 Å². The Morgan fingerprint density at radius 1 is 1.43 bits per heavy atom. The minimum absolute atomic E-state index is 0.0598. The van der Waals surface area contributed by atoms with Crippen LogP contribution >= 0.6 is 0 Å². The van der Waals surface area contributed by atoms with E-state index in [1.807, 2.05) is 0 Å². The maximum absolute atomic E-state index is 11.3. The van der Waals surface area contributed by atoms with Crippen LogP contribution in [0.2, 0.25) is 0 Å². The molecule has 0 bridgehead atoms. The third-order valence-corrected chi connectivity index (χ3v) is 3.07. The van der Waals surface area contributed by atoms with E-state index in [0.29, 0.717) is 12.2 Å². The van der Waals surface area contributed by atoms with Crippen LogP contribution in [0.5, 0.6) is 5.75 Å². The molecule has 1 rings (SSSR count). The summed E-state index contributed by atoms with van der Waals surface area (Å²) in [6, 6.07) is 6.17. The summed E-state index contributed by atoms with van der Waals surface area (Å²) in [5.41, 5.74) is 0.481. The first-order valence-electron chi connectivity index (χ1n) is 4.22. The van der Waals surface area contributed by atoms with Crippen LogP contribution in [-0.2, 0) is 10.0 Å². The molecule has 0 heterocycles. The Morgan fingerprint density at radius 2 is 2.07 bits per heavy atom. The van der Waals surface area contributed by atoms with E-state index in [4.69, 9.17) is 0 Å². The molecule has 0 saturated carbocycles. The van der Waals surface area contributed by atoms with Crippen LogP contribution < -0.4 is 4.31 Å². The summed E-state index contributed by atoms with van der Waals surface area (Å²) < 4.78 is 23.9. The van der Waals surface area contributed by atoms with Crippen molar-refractivity contribution in [2.24, 2.45) is 0 Å². The van der Waals surface area contributed by atoms with E-state index in [1.54, 1.807) is 19.1 Å². The largest absolute Gasteiger partial charge is 0.508 e. The lowest BCUT2D eigenvalue weighted by Crippen LogP contribution is -2.29. The quantitative estimate of drug-likeness (QED) is 0.823. The zero-order valence-electron chi connectivity index (χ0n) is 8.14. The average Bonchev–Trinajstić information content (AvgIpc) is 2.02. The Morgan fingerprint density at radius 3 is 2.50 bits per heavy atom. The highest BCUT2D eigenvalue weighted by molar-refractivity contribution is 7.92. The van der Waals surface area contributed by atoms with Crippen LogP contribution in [0.25, 0.3) is 0 Å². The van der Waals surface area contributed by atoms with Crippen LogP contribution in [0.3, 0.4) is 0 Å². The fourth-order valence-electron chi connectivity index (χ4n) is 1.26. The van der Waals surface area contributed by atoms with Gasteiger partial charge >= 0.3 is 0 Å². The highest BCUT2D eigenvalue weighted by atomic mass is 32.2. The number of phenols is 1. The highest BCUT2D eigenvalue weighted by Crippen LogP contribution is 2.21. The van der Waals surface area contributed by atoms with Crippen molar-refractivity contribution in [2.45, 2.75) is 6.92 Å². The van der Waals surface area contributed by atoms with Gasteiger partial charge in [-0.3, -0.25) is 4.31 Å². The van der Waals surface area contributed by atoms with Crippen molar-refractivity contribution < 1.29 is 13.5 Å². The van der Waals surface area contributed by atoms with Gasteiger partial charge in [0, 0.05) is 12.6 Å². The summed E-state index contributed by atoms with van der Waals surface area (Å²) in [6.07, 6.45) is 1.14. The Kier molecular flexibility index (Phi) is 3.00. The SMILES string of the molecule is CCN(c1cccc(O)c1)S(C)(=O)=O. The Balaban J connectivity index is 3.14. The second-order valence-electron chi connectivity index (χ2n) is 2.95. The van der Waals surface area contributed by atoms with Gasteiger partial charge < -0.3 is 5.11 Å². The number of phenolic OH excluding ortho intramolecular Hbond substituents is 1. The second kappa shape index (κ2) is 3.88. The van der Waals surface area contributed by atoms with E-state index < -0.39 is 10.0 Å². The predicted octanol–water partition coefficient (Wildman–Crippen LogP) is 1.18.